The Bertz CT molecular complexity index is 530. The first kappa shape index (κ1) is 15.5. The molecule has 1 saturated heterocycles. The summed E-state index contributed by atoms with van der Waals surface area (Å²) in [5.74, 6) is 2.28. The number of amides is 3. The normalized spacial score (nSPS) is 14.5. The molecule has 7 heteroatoms. The SMILES string of the molecule is COc1cc(NC(=O)N2CCSCC2)ccc1NC(C)=O. The number of thioether (sulfide) groups is 1. The first-order valence-electron chi connectivity index (χ1n) is 6.69. The monoisotopic (exact) mass is 309 g/mol. The van der Waals surface area contributed by atoms with Crippen LogP contribution in [0.25, 0.3) is 0 Å². The Morgan fingerprint density at radius 1 is 1.24 bits per heavy atom. The summed E-state index contributed by atoms with van der Waals surface area (Å²) in [6.45, 7) is 2.96. The third kappa shape index (κ3) is 4.29. The van der Waals surface area contributed by atoms with Crippen molar-refractivity contribution in [2.75, 3.05) is 42.3 Å². The Morgan fingerprint density at radius 3 is 2.57 bits per heavy atom. The molecule has 1 aromatic carbocycles. The van der Waals surface area contributed by atoms with Crippen molar-refractivity contribution in [3.63, 3.8) is 0 Å². The van der Waals surface area contributed by atoms with Gasteiger partial charge in [0, 0.05) is 43.3 Å². The van der Waals surface area contributed by atoms with Crippen molar-refractivity contribution < 1.29 is 14.3 Å². The second-order valence-corrected chi connectivity index (χ2v) is 5.85. The van der Waals surface area contributed by atoms with E-state index in [1.54, 1.807) is 23.1 Å². The summed E-state index contributed by atoms with van der Waals surface area (Å²) in [4.78, 5) is 25.0. The number of nitrogens with zero attached hydrogens (tertiary/aromatic N) is 1. The van der Waals surface area contributed by atoms with E-state index in [-0.39, 0.29) is 11.9 Å². The van der Waals surface area contributed by atoms with Gasteiger partial charge in [0.1, 0.15) is 5.75 Å². The predicted octanol–water partition coefficient (Wildman–Crippen LogP) is 2.23. The molecule has 6 nitrogen and oxygen atoms in total. The van der Waals surface area contributed by atoms with Crippen LogP contribution in [0, 0.1) is 0 Å². The van der Waals surface area contributed by atoms with Crippen LogP contribution in [0.5, 0.6) is 5.75 Å². The molecular weight excluding hydrogens is 290 g/mol. The average Bonchev–Trinajstić information content (AvgIpc) is 2.49. The molecule has 1 aliphatic heterocycles. The third-order valence-electron chi connectivity index (χ3n) is 3.06. The molecule has 1 heterocycles. The van der Waals surface area contributed by atoms with Gasteiger partial charge in [0.05, 0.1) is 12.8 Å². The smallest absolute Gasteiger partial charge is 0.321 e. The molecule has 0 spiro atoms. The molecule has 1 aromatic rings. The van der Waals surface area contributed by atoms with E-state index in [1.165, 1.54) is 14.0 Å². The molecular formula is C14H19N3O3S. The van der Waals surface area contributed by atoms with Crippen LogP contribution in [0.4, 0.5) is 16.2 Å². The molecule has 114 valence electrons. The maximum Gasteiger partial charge on any atom is 0.321 e. The number of urea groups is 1. The fourth-order valence-corrected chi connectivity index (χ4v) is 2.93. The first-order chi connectivity index (χ1) is 10.1. The number of methoxy groups -OCH3 is 1. The molecule has 0 bridgehead atoms. The van der Waals surface area contributed by atoms with Gasteiger partial charge in [-0.3, -0.25) is 4.79 Å². The highest BCUT2D eigenvalue weighted by atomic mass is 32.2. The lowest BCUT2D eigenvalue weighted by atomic mass is 10.2. The molecule has 21 heavy (non-hydrogen) atoms. The molecule has 3 amide bonds. The second kappa shape index (κ2) is 7.21. The highest BCUT2D eigenvalue weighted by Gasteiger charge is 2.17. The van der Waals surface area contributed by atoms with Gasteiger partial charge < -0.3 is 20.3 Å². The summed E-state index contributed by atoms with van der Waals surface area (Å²) in [6, 6.07) is 5.04. The van der Waals surface area contributed by atoms with Gasteiger partial charge in [-0.2, -0.15) is 11.8 Å². The molecule has 0 radical (unpaired) electrons. The molecule has 2 N–H and O–H groups in total. The minimum absolute atomic E-state index is 0.107. The van der Waals surface area contributed by atoms with E-state index in [9.17, 15) is 9.59 Å². The average molecular weight is 309 g/mol. The molecule has 0 aromatic heterocycles. The summed E-state index contributed by atoms with van der Waals surface area (Å²) in [6.07, 6.45) is 0. The van der Waals surface area contributed by atoms with E-state index >= 15 is 0 Å². The summed E-state index contributed by atoms with van der Waals surface area (Å²) in [7, 11) is 1.52. The Balaban J connectivity index is 2.06. The summed E-state index contributed by atoms with van der Waals surface area (Å²) in [5.41, 5.74) is 1.22. The zero-order valence-corrected chi connectivity index (χ0v) is 13.0. The van der Waals surface area contributed by atoms with E-state index in [4.69, 9.17) is 4.74 Å². The van der Waals surface area contributed by atoms with Crippen LogP contribution in [0.1, 0.15) is 6.92 Å². The van der Waals surface area contributed by atoms with E-state index < -0.39 is 0 Å². The fraction of sp³-hybridized carbons (Fsp3) is 0.429. The van der Waals surface area contributed by atoms with Crippen molar-refractivity contribution in [1.29, 1.82) is 0 Å². The van der Waals surface area contributed by atoms with Gasteiger partial charge in [0.2, 0.25) is 5.91 Å². The van der Waals surface area contributed by atoms with Crippen molar-refractivity contribution in [2.24, 2.45) is 0 Å². The standard InChI is InChI=1S/C14H19N3O3S/c1-10(18)15-12-4-3-11(9-13(12)20-2)16-14(19)17-5-7-21-8-6-17/h3-4,9H,5-8H2,1-2H3,(H,15,18)(H,16,19). The van der Waals surface area contributed by atoms with Gasteiger partial charge in [0.25, 0.3) is 0 Å². The quantitative estimate of drug-likeness (QED) is 0.898. The van der Waals surface area contributed by atoms with Crippen LogP contribution in [-0.4, -0.2) is 48.5 Å². The summed E-state index contributed by atoms with van der Waals surface area (Å²) < 4.78 is 5.23. The maximum atomic E-state index is 12.1. The zero-order valence-electron chi connectivity index (χ0n) is 12.1. The highest BCUT2D eigenvalue weighted by molar-refractivity contribution is 7.99. The molecule has 1 fully saturated rings. The van der Waals surface area contributed by atoms with Crippen LogP contribution >= 0.6 is 11.8 Å². The Labute approximate surface area is 128 Å². The number of hydrogen-bond donors (Lipinski definition) is 2. The Morgan fingerprint density at radius 2 is 1.95 bits per heavy atom. The molecule has 2 rings (SSSR count). The van der Waals surface area contributed by atoms with E-state index in [0.717, 1.165) is 24.6 Å². The highest BCUT2D eigenvalue weighted by Crippen LogP contribution is 2.28. The zero-order chi connectivity index (χ0) is 15.2. The van der Waals surface area contributed by atoms with Crippen LogP contribution < -0.4 is 15.4 Å². The van der Waals surface area contributed by atoms with Crippen LogP contribution in [0.15, 0.2) is 18.2 Å². The predicted molar refractivity (Wildman–Crippen MR) is 85.2 cm³/mol. The molecule has 0 aliphatic carbocycles. The Hall–Kier alpha value is -1.89. The molecule has 1 aliphatic rings. The summed E-state index contributed by atoms with van der Waals surface area (Å²) >= 11 is 1.85. The van der Waals surface area contributed by atoms with Gasteiger partial charge in [-0.05, 0) is 12.1 Å². The van der Waals surface area contributed by atoms with Crippen molar-refractivity contribution in [3.8, 4) is 5.75 Å². The number of carbonyl (C=O) groups excluding carboxylic acids is 2. The molecule has 0 saturated carbocycles. The van der Waals surface area contributed by atoms with Gasteiger partial charge in [-0.1, -0.05) is 0 Å². The van der Waals surface area contributed by atoms with Crippen molar-refractivity contribution in [3.05, 3.63) is 18.2 Å². The molecule has 0 unspecified atom stereocenters. The van der Waals surface area contributed by atoms with Gasteiger partial charge in [-0.25, -0.2) is 4.79 Å². The largest absolute Gasteiger partial charge is 0.494 e. The number of anilines is 2. The molecule has 0 atom stereocenters. The van der Waals surface area contributed by atoms with E-state index in [0.29, 0.717) is 17.1 Å². The minimum atomic E-state index is -0.170. The van der Waals surface area contributed by atoms with Crippen LogP contribution in [0.2, 0.25) is 0 Å². The third-order valence-corrected chi connectivity index (χ3v) is 4.00. The van der Waals surface area contributed by atoms with Crippen molar-refractivity contribution in [2.45, 2.75) is 6.92 Å². The summed E-state index contributed by atoms with van der Waals surface area (Å²) in [5, 5.41) is 5.53. The van der Waals surface area contributed by atoms with E-state index in [2.05, 4.69) is 10.6 Å². The fourth-order valence-electron chi connectivity index (χ4n) is 2.03. The lowest BCUT2D eigenvalue weighted by Gasteiger charge is -2.26. The van der Waals surface area contributed by atoms with Gasteiger partial charge in [-0.15, -0.1) is 0 Å². The van der Waals surface area contributed by atoms with Crippen molar-refractivity contribution >= 4 is 35.1 Å². The second-order valence-electron chi connectivity index (χ2n) is 4.63. The van der Waals surface area contributed by atoms with Crippen LogP contribution in [-0.2, 0) is 4.79 Å². The number of nitrogens with one attached hydrogen (secondary N) is 2. The maximum absolute atomic E-state index is 12.1. The number of carbonyl (C=O) groups is 2. The topological polar surface area (TPSA) is 70.7 Å². The lowest BCUT2D eigenvalue weighted by molar-refractivity contribution is -0.114. The number of hydrogen-bond acceptors (Lipinski definition) is 4. The number of rotatable bonds is 3. The minimum Gasteiger partial charge on any atom is -0.494 e. The Kier molecular flexibility index (Phi) is 5.32. The van der Waals surface area contributed by atoms with Crippen LogP contribution in [0.3, 0.4) is 0 Å². The van der Waals surface area contributed by atoms with Gasteiger partial charge >= 0.3 is 6.03 Å². The van der Waals surface area contributed by atoms with E-state index in [1.807, 2.05) is 11.8 Å². The number of benzene rings is 1. The lowest BCUT2D eigenvalue weighted by Crippen LogP contribution is -2.40. The first-order valence-corrected chi connectivity index (χ1v) is 7.85. The van der Waals surface area contributed by atoms with Gasteiger partial charge in [0.15, 0.2) is 0 Å². The van der Waals surface area contributed by atoms with Crippen molar-refractivity contribution in [1.82, 2.24) is 4.90 Å². The number of ether oxygens (including phenoxy) is 1.